The van der Waals surface area contributed by atoms with Crippen molar-refractivity contribution in [2.45, 2.75) is 50.1 Å². The monoisotopic (exact) mass is 623 g/mol. The van der Waals surface area contributed by atoms with E-state index in [4.69, 9.17) is 9.47 Å². The van der Waals surface area contributed by atoms with Crippen molar-refractivity contribution >= 4 is 45.9 Å². The number of nitrogens with one attached hydrogen (secondary N) is 2. The van der Waals surface area contributed by atoms with Crippen LogP contribution in [-0.2, 0) is 28.9 Å². The number of para-hydroxylation sites is 2. The highest BCUT2D eigenvalue weighted by Gasteiger charge is 2.30. The van der Waals surface area contributed by atoms with Crippen LogP contribution in [0.1, 0.15) is 57.2 Å². The minimum absolute atomic E-state index is 0.0665. The topological polar surface area (TPSA) is 124 Å². The Morgan fingerprint density at radius 3 is 2.65 bits per heavy atom. The third kappa shape index (κ3) is 6.42. The van der Waals surface area contributed by atoms with Crippen molar-refractivity contribution in [3.05, 3.63) is 81.7 Å². The van der Waals surface area contributed by atoms with Gasteiger partial charge in [-0.25, -0.2) is 9.18 Å². The number of anilines is 1. The molecule has 10 nitrogen and oxygen atoms in total. The highest BCUT2D eigenvalue weighted by Crippen LogP contribution is 2.40. The number of aromatic nitrogens is 3. The smallest absolute Gasteiger partial charge is 0.341 e. The van der Waals surface area contributed by atoms with E-state index in [1.807, 2.05) is 12.1 Å². The predicted molar refractivity (Wildman–Crippen MR) is 162 cm³/mol. The molecule has 2 N–H and O–H groups in total. The molecule has 1 aliphatic rings. The zero-order valence-electron chi connectivity index (χ0n) is 23.8. The number of amides is 2. The van der Waals surface area contributed by atoms with E-state index in [0.717, 1.165) is 41.5 Å². The summed E-state index contributed by atoms with van der Waals surface area (Å²) in [7, 11) is 1.53. The van der Waals surface area contributed by atoms with Crippen LogP contribution in [0.3, 0.4) is 0 Å². The second-order valence-corrected chi connectivity index (χ2v) is 12.0. The molecule has 0 bridgehead atoms. The normalized spacial score (nSPS) is 12.8. The number of carbonyl (C=O) groups is 3. The lowest BCUT2D eigenvalue weighted by Gasteiger charge is -2.16. The Bertz CT molecular complexity index is 1670. The molecule has 5 rings (SSSR count). The summed E-state index contributed by atoms with van der Waals surface area (Å²) < 4.78 is 26.7. The Labute approximate surface area is 256 Å². The van der Waals surface area contributed by atoms with Crippen LogP contribution in [0.5, 0.6) is 5.75 Å². The molecule has 43 heavy (non-hydrogen) atoms. The first kappa shape index (κ1) is 30.2. The zero-order chi connectivity index (χ0) is 30.5. The van der Waals surface area contributed by atoms with Gasteiger partial charge in [0.2, 0.25) is 5.91 Å². The van der Waals surface area contributed by atoms with Crippen LogP contribution in [0.15, 0.2) is 53.7 Å². The van der Waals surface area contributed by atoms with Crippen LogP contribution in [0.2, 0.25) is 0 Å². The molecule has 0 spiro atoms. The van der Waals surface area contributed by atoms with Crippen LogP contribution >= 0.6 is 23.1 Å². The lowest BCUT2D eigenvalue weighted by atomic mass is 10.1. The van der Waals surface area contributed by atoms with Crippen molar-refractivity contribution in [3.63, 3.8) is 0 Å². The molecular weight excluding hydrogens is 593 g/mol. The number of esters is 1. The largest absolute Gasteiger partial charge is 0.495 e. The second-order valence-electron chi connectivity index (χ2n) is 9.60. The molecule has 0 fully saturated rings. The average Bonchev–Trinajstić information content (AvgIpc) is 3.71. The fourth-order valence-corrected chi connectivity index (χ4v) is 6.94. The van der Waals surface area contributed by atoms with E-state index in [9.17, 15) is 18.8 Å². The summed E-state index contributed by atoms with van der Waals surface area (Å²) >= 11 is 2.57. The molecule has 2 aromatic heterocycles. The van der Waals surface area contributed by atoms with Gasteiger partial charge in [0.1, 0.15) is 16.6 Å². The van der Waals surface area contributed by atoms with E-state index in [1.54, 1.807) is 36.6 Å². The molecule has 4 aromatic rings. The van der Waals surface area contributed by atoms with Crippen LogP contribution in [-0.4, -0.2) is 51.5 Å². The first-order valence-electron chi connectivity index (χ1n) is 13.7. The predicted octanol–water partition coefficient (Wildman–Crippen LogP) is 5.19. The Kier molecular flexibility index (Phi) is 9.41. The molecule has 224 valence electrons. The number of carbonyl (C=O) groups excluding carboxylic acids is 3. The number of thioether (sulfide) groups is 1. The van der Waals surface area contributed by atoms with Crippen molar-refractivity contribution < 1.29 is 28.2 Å². The third-order valence-electron chi connectivity index (χ3n) is 6.84. The summed E-state index contributed by atoms with van der Waals surface area (Å²) in [5.41, 5.74) is 1.90. The van der Waals surface area contributed by atoms with Gasteiger partial charge in [-0.15, -0.1) is 21.5 Å². The maximum absolute atomic E-state index is 14.2. The Balaban J connectivity index is 1.39. The van der Waals surface area contributed by atoms with Crippen LogP contribution in [0.25, 0.3) is 5.69 Å². The number of rotatable bonds is 11. The number of hydrogen-bond acceptors (Lipinski definition) is 9. The molecule has 1 aliphatic carbocycles. The lowest BCUT2D eigenvalue weighted by Crippen LogP contribution is -2.26. The summed E-state index contributed by atoms with van der Waals surface area (Å²) in [6.45, 7) is 3.65. The molecule has 2 aromatic carbocycles. The molecular formula is C30H30FN5O5S2. The van der Waals surface area contributed by atoms with Gasteiger partial charge in [-0.3, -0.25) is 14.2 Å². The molecule has 1 atom stereocenters. The number of ether oxygens (including phenoxy) is 2. The number of thiophene rings is 1. The molecule has 0 aliphatic heterocycles. The van der Waals surface area contributed by atoms with E-state index >= 15 is 0 Å². The van der Waals surface area contributed by atoms with Crippen molar-refractivity contribution in [2.24, 2.45) is 0 Å². The van der Waals surface area contributed by atoms with E-state index in [1.165, 1.54) is 36.6 Å². The van der Waals surface area contributed by atoms with Crippen LogP contribution in [0, 0.1) is 5.82 Å². The SMILES string of the molecule is CCOC(=O)c1c(NC(=O)[C@H](C)Sc2nnc(CNC(=O)c3ccccc3F)n2-c2ccccc2OC)sc2c1CCC2. The summed E-state index contributed by atoms with van der Waals surface area (Å²) in [4.78, 5) is 40.0. The molecule has 0 saturated carbocycles. The van der Waals surface area contributed by atoms with Crippen LogP contribution < -0.4 is 15.4 Å². The summed E-state index contributed by atoms with van der Waals surface area (Å²) in [5, 5.41) is 14.5. The first-order chi connectivity index (χ1) is 20.8. The van der Waals surface area contributed by atoms with E-state index in [-0.39, 0.29) is 24.6 Å². The highest BCUT2D eigenvalue weighted by atomic mass is 32.2. The summed E-state index contributed by atoms with van der Waals surface area (Å²) in [6.07, 6.45) is 2.61. The maximum atomic E-state index is 14.2. The van der Waals surface area contributed by atoms with Crippen molar-refractivity contribution in [1.29, 1.82) is 0 Å². The van der Waals surface area contributed by atoms with Gasteiger partial charge in [0.15, 0.2) is 11.0 Å². The van der Waals surface area contributed by atoms with Crippen LogP contribution in [0.4, 0.5) is 9.39 Å². The van der Waals surface area contributed by atoms with Crippen molar-refractivity contribution in [1.82, 2.24) is 20.1 Å². The first-order valence-corrected chi connectivity index (χ1v) is 15.4. The zero-order valence-corrected chi connectivity index (χ0v) is 25.4. The number of aryl methyl sites for hydroxylation is 1. The number of halogens is 1. The number of benzene rings is 2. The third-order valence-corrected chi connectivity index (χ3v) is 9.09. The maximum Gasteiger partial charge on any atom is 0.341 e. The van der Waals surface area contributed by atoms with Gasteiger partial charge >= 0.3 is 5.97 Å². The number of fused-ring (bicyclic) bond motifs is 1. The second kappa shape index (κ2) is 13.4. The van der Waals surface area contributed by atoms with Gasteiger partial charge in [0, 0.05) is 4.88 Å². The van der Waals surface area contributed by atoms with Gasteiger partial charge < -0.3 is 20.1 Å². The molecule has 13 heteroatoms. The quantitative estimate of drug-likeness (QED) is 0.173. The van der Waals surface area contributed by atoms with Gasteiger partial charge in [-0.05, 0) is 62.9 Å². The Hall–Kier alpha value is -4.23. The van der Waals surface area contributed by atoms with E-state index in [0.29, 0.717) is 33.0 Å². The van der Waals surface area contributed by atoms with Crippen molar-refractivity contribution in [3.8, 4) is 11.4 Å². The minimum atomic E-state index is -0.648. The van der Waals surface area contributed by atoms with Gasteiger partial charge in [0.05, 0.1) is 42.3 Å². The Morgan fingerprint density at radius 2 is 1.88 bits per heavy atom. The molecule has 0 radical (unpaired) electrons. The van der Waals surface area contributed by atoms with E-state index < -0.39 is 22.9 Å². The standard InChI is InChI=1S/C30H30FN5O5S2/c1-4-41-29(39)25-19-11-9-15-23(19)43-28(25)33-26(37)17(2)42-30-35-34-24(36(30)21-13-7-8-14-22(21)40-3)16-32-27(38)18-10-5-6-12-20(18)31/h5-8,10,12-14,17H,4,9,11,15-16H2,1-3H3,(H,32,38)(H,33,37)/t17-/m0/s1. The minimum Gasteiger partial charge on any atom is -0.495 e. The molecule has 0 saturated heterocycles. The fourth-order valence-electron chi connectivity index (χ4n) is 4.78. The average molecular weight is 624 g/mol. The lowest BCUT2D eigenvalue weighted by molar-refractivity contribution is -0.115. The summed E-state index contributed by atoms with van der Waals surface area (Å²) in [5.74, 6) is -1.12. The number of nitrogens with zero attached hydrogens (tertiary/aromatic N) is 3. The van der Waals surface area contributed by atoms with Crippen molar-refractivity contribution in [2.75, 3.05) is 19.0 Å². The summed E-state index contributed by atoms with van der Waals surface area (Å²) in [6, 6.07) is 12.9. The number of hydrogen-bond donors (Lipinski definition) is 2. The fraction of sp³-hybridized carbons (Fsp3) is 0.300. The molecule has 2 heterocycles. The number of methoxy groups -OCH3 is 1. The molecule has 0 unspecified atom stereocenters. The highest BCUT2D eigenvalue weighted by molar-refractivity contribution is 8.00. The van der Waals surface area contributed by atoms with Gasteiger partial charge in [-0.2, -0.15) is 0 Å². The molecule has 2 amide bonds. The van der Waals surface area contributed by atoms with Gasteiger partial charge in [0.25, 0.3) is 5.91 Å². The van der Waals surface area contributed by atoms with Gasteiger partial charge in [-0.1, -0.05) is 36.0 Å². The Morgan fingerprint density at radius 1 is 1.12 bits per heavy atom. The van der Waals surface area contributed by atoms with E-state index in [2.05, 4.69) is 20.8 Å².